The van der Waals surface area contributed by atoms with E-state index in [2.05, 4.69) is 20.8 Å². The van der Waals surface area contributed by atoms with Gasteiger partial charge in [-0.2, -0.15) is 0 Å². The van der Waals surface area contributed by atoms with Crippen LogP contribution in [0.4, 0.5) is 0 Å². The summed E-state index contributed by atoms with van der Waals surface area (Å²) < 4.78 is 11.2. The average Bonchev–Trinajstić information content (AvgIpc) is 2.79. The Balaban J connectivity index is 1.54. The number of hydrogen-bond donors (Lipinski definition) is 0. The molecule has 0 radical (unpaired) electrons. The van der Waals surface area contributed by atoms with Gasteiger partial charge in [0.15, 0.2) is 0 Å². The third-order valence-corrected chi connectivity index (χ3v) is 7.03. The molecule has 0 spiro atoms. The van der Waals surface area contributed by atoms with E-state index < -0.39 is 5.63 Å². The standard InChI is InChI=1S/C29H29NO4/c1-17-9-11-20-18(14-26(31)34-25(20)13-17)16-33-28(32)27-21-7-5-6-8-23(21)30-24-12-10-19(15-22(24)27)29(2,3)4/h5-9,11,13-14,19H,10,12,15-16H2,1-4H3. The molecule has 0 fully saturated rings. The number of nitrogens with zero attached hydrogens (tertiary/aromatic N) is 1. The molecule has 0 bridgehead atoms. The van der Waals surface area contributed by atoms with Crippen LogP contribution in [0.15, 0.2) is 57.7 Å². The van der Waals surface area contributed by atoms with Crippen LogP contribution in [-0.2, 0) is 24.2 Å². The first-order chi connectivity index (χ1) is 16.2. The van der Waals surface area contributed by atoms with Crippen LogP contribution in [-0.4, -0.2) is 11.0 Å². The van der Waals surface area contributed by atoms with Gasteiger partial charge < -0.3 is 9.15 Å². The van der Waals surface area contributed by atoms with Gasteiger partial charge in [0.2, 0.25) is 0 Å². The number of para-hydroxylation sites is 1. The summed E-state index contributed by atoms with van der Waals surface area (Å²) in [6.07, 6.45) is 2.71. The van der Waals surface area contributed by atoms with E-state index in [4.69, 9.17) is 14.1 Å². The van der Waals surface area contributed by atoms with Gasteiger partial charge in [0, 0.05) is 28.1 Å². The summed E-state index contributed by atoms with van der Waals surface area (Å²) >= 11 is 0. The number of benzene rings is 2. The third kappa shape index (κ3) is 4.11. The lowest BCUT2D eigenvalue weighted by molar-refractivity contribution is 0.0473. The van der Waals surface area contributed by atoms with E-state index in [1.54, 1.807) is 0 Å². The molecule has 1 unspecified atom stereocenters. The van der Waals surface area contributed by atoms with Crippen LogP contribution < -0.4 is 5.63 Å². The maximum absolute atomic E-state index is 13.6. The van der Waals surface area contributed by atoms with E-state index in [1.165, 1.54) is 6.07 Å². The van der Waals surface area contributed by atoms with E-state index >= 15 is 0 Å². The number of esters is 1. The molecule has 0 aliphatic heterocycles. The van der Waals surface area contributed by atoms with Gasteiger partial charge in [-0.05, 0) is 60.8 Å². The zero-order valence-corrected chi connectivity index (χ0v) is 20.1. The Labute approximate surface area is 198 Å². The van der Waals surface area contributed by atoms with E-state index in [-0.39, 0.29) is 18.0 Å². The highest BCUT2D eigenvalue weighted by atomic mass is 16.5. The van der Waals surface area contributed by atoms with Gasteiger partial charge >= 0.3 is 11.6 Å². The Hall–Kier alpha value is -3.47. The van der Waals surface area contributed by atoms with Crippen molar-refractivity contribution in [3.63, 3.8) is 0 Å². The molecule has 4 aromatic rings. The van der Waals surface area contributed by atoms with Crippen LogP contribution in [0.1, 0.15) is 59.9 Å². The molecule has 2 aromatic carbocycles. The lowest BCUT2D eigenvalue weighted by Crippen LogP contribution is -2.29. The topological polar surface area (TPSA) is 69.4 Å². The van der Waals surface area contributed by atoms with Gasteiger partial charge in [0.25, 0.3) is 0 Å². The van der Waals surface area contributed by atoms with Crippen molar-refractivity contribution < 1.29 is 13.9 Å². The Morgan fingerprint density at radius 2 is 1.91 bits per heavy atom. The molecule has 5 rings (SSSR count). The molecule has 1 atom stereocenters. The molecule has 2 aromatic heterocycles. The van der Waals surface area contributed by atoms with Crippen molar-refractivity contribution in [3.05, 3.63) is 86.9 Å². The van der Waals surface area contributed by atoms with Crippen LogP contribution in [0.5, 0.6) is 0 Å². The molecule has 0 N–H and O–H groups in total. The lowest BCUT2D eigenvalue weighted by atomic mass is 9.70. The smallest absolute Gasteiger partial charge is 0.339 e. The van der Waals surface area contributed by atoms with Crippen LogP contribution in [0.2, 0.25) is 0 Å². The first-order valence-corrected chi connectivity index (χ1v) is 11.8. The highest BCUT2D eigenvalue weighted by Gasteiger charge is 2.33. The van der Waals surface area contributed by atoms with Crippen molar-refractivity contribution in [2.24, 2.45) is 11.3 Å². The fourth-order valence-corrected chi connectivity index (χ4v) is 5.03. The highest BCUT2D eigenvalue weighted by molar-refractivity contribution is 6.05. The van der Waals surface area contributed by atoms with E-state index in [0.29, 0.717) is 22.6 Å². The first kappa shape index (κ1) is 22.3. The Bertz CT molecular complexity index is 1480. The number of rotatable bonds is 3. The van der Waals surface area contributed by atoms with E-state index in [1.807, 2.05) is 49.4 Å². The predicted octanol–water partition coefficient (Wildman–Crippen LogP) is 6.16. The second kappa shape index (κ2) is 8.39. The van der Waals surface area contributed by atoms with E-state index in [0.717, 1.165) is 52.4 Å². The quantitative estimate of drug-likeness (QED) is 0.273. The number of pyridine rings is 1. The summed E-state index contributed by atoms with van der Waals surface area (Å²) in [4.78, 5) is 30.6. The van der Waals surface area contributed by atoms with Crippen molar-refractivity contribution in [2.75, 3.05) is 0 Å². The molecule has 1 aliphatic carbocycles. The minimum atomic E-state index is -0.455. The molecular weight excluding hydrogens is 426 g/mol. The zero-order valence-electron chi connectivity index (χ0n) is 20.1. The number of aryl methyl sites for hydroxylation is 2. The van der Waals surface area contributed by atoms with Crippen molar-refractivity contribution >= 4 is 27.8 Å². The summed E-state index contributed by atoms with van der Waals surface area (Å²) in [5.74, 6) is 0.0818. The second-order valence-electron chi connectivity index (χ2n) is 10.4. The summed E-state index contributed by atoms with van der Waals surface area (Å²) in [6.45, 7) is 8.70. The van der Waals surface area contributed by atoms with Gasteiger partial charge in [-0.3, -0.25) is 4.98 Å². The summed E-state index contributed by atoms with van der Waals surface area (Å²) in [5, 5.41) is 1.58. The molecule has 5 nitrogen and oxygen atoms in total. The van der Waals surface area contributed by atoms with Gasteiger partial charge in [0.1, 0.15) is 12.2 Å². The number of carbonyl (C=O) groups is 1. The molecule has 34 heavy (non-hydrogen) atoms. The van der Waals surface area contributed by atoms with Crippen molar-refractivity contribution in [1.29, 1.82) is 0 Å². The van der Waals surface area contributed by atoms with Crippen LogP contribution >= 0.6 is 0 Å². The molecule has 5 heteroatoms. The summed E-state index contributed by atoms with van der Waals surface area (Å²) in [7, 11) is 0. The minimum absolute atomic E-state index is 0.00187. The minimum Gasteiger partial charge on any atom is -0.457 e. The summed E-state index contributed by atoms with van der Waals surface area (Å²) in [6, 6.07) is 14.8. The zero-order chi connectivity index (χ0) is 24.0. The normalized spacial score (nSPS) is 15.9. The van der Waals surface area contributed by atoms with Gasteiger partial charge in [-0.25, -0.2) is 9.59 Å². The molecule has 1 aliphatic rings. The highest BCUT2D eigenvalue weighted by Crippen LogP contribution is 2.39. The average molecular weight is 456 g/mol. The van der Waals surface area contributed by atoms with E-state index in [9.17, 15) is 9.59 Å². The molecular formula is C29H29NO4. The molecule has 174 valence electrons. The molecule has 0 saturated carbocycles. The monoisotopic (exact) mass is 455 g/mol. The lowest BCUT2D eigenvalue weighted by Gasteiger charge is -2.35. The van der Waals surface area contributed by atoms with Crippen molar-refractivity contribution in [2.45, 2.75) is 53.6 Å². The molecule has 0 amide bonds. The first-order valence-electron chi connectivity index (χ1n) is 11.8. The number of fused-ring (bicyclic) bond motifs is 3. The van der Waals surface area contributed by atoms with Crippen LogP contribution in [0.25, 0.3) is 21.9 Å². The Kier molecular flexibility index (Phi) is 5.51. The number of carbonyl (C=O) groups excluding carboxylic acids is 1. The van der Waals surface area contributed by atoms with Crippen molar-refractivity contribution in [1.82, 2.24) is 4.98 Å². The van der Waals surface area contributed by atoms with Gasteiger partial charge in [-0.1, -0.05) is 51.1 Å². The van der Waals surface area contributed by atoms with Crippen LogP contribution in [0, 0.1) is 18.3 Å². The predicted molar refractivity (Wildman–Crippen MR) is 133 cm³/mol. The maximum atomic E-state index is 13.6. The number of ether oxygens (including phenoxy) is 1. The fraction of sp³-hybridized carbons (Fsp3) is 0.345. The SMILES string of the molecule is Cc1ccc2c(COC(=O)c3c4c(nc5ccccc35)CCC(C(C)(C)C)C4)cc(=O)oc2c1. The number of hydrogen-bond acceptors (Lipinski definition) is 5. The number of aromatic nitrogens is 1. The van der Waals surface area contributed by atoms with Crippen LogP contribution in [0.3, 0.4) is 0 Å². The Morgan fingerprint density at radius 3 is 2.71 bits per heavy atom. The van der Waals surface area contributed by atoms with Crippen molar-refractivity contribution in [3.8, 4) is 0 Å². The molecule has 2 heterocycles. The Morgan fingerprint density at radius 1 is 1.12 bits per heavy atom. The third-order valence-electron chi connectivity index (χ3n) is 7.03. The fourth-order valence-electron chi connectivity index (χ4n) is 5.03. The summed E-state index contributed by atoms with van der Waals surface area (Å²) in [5.41, 5.74) is 5.23. The second-order valence-corrected chi connectivity index (χ2v) is 10.4. The largest absolute Gasteiger partial charge is 0.457 e. The molecule has 0 saturated heterocycles. The van der Waals surface area contributed by atoms with Gasteiger partial charge in [-0.15, -0.1) is 0 Å². The van der Waals surface area contributed by atoms with Gasteiger partial charge in [0.05, 0.1) is 11.1 Å². The maximum Gasteiger partial charge on any atom is 0.339 e.